The van der Waals surface area contributed by atoms with Crippen LogP contribution in [0, 0.1) is 0 Å². The van der Waals surface area contributed by atoms with Crippen molar-refractivity contribution in [1.82, 2.24) is 5.32 Å². The summed E-state index contributed by atoms with van der Waals surface area (Å²) in [5.41, 5.74) is -0.165. The fourth-order valence-electron chi connectivity index (χ4n) is 1.14. The van der Waals surface area contributed by atoms with Gasteiger partial charge in [-0.15, -0.1) is 0 Å². The molecule has 17 heavy (non-hydrogen) atoms. The number of hydrogen-bond acceptors (Lipinski definition) is 5. The van der Waals surface area contributed by atoms with Crippen molar-refractivity contribution < 1.29 is 19.3 Å². The first kappa shape index (κ1) is 16.8. The average molecular weight is 249 g/mol. The van der Waals surface area contributed by atoms with Gasteiger partial charge in [0.1, 0.15) is 0 Å². The molecule has 0 rings (SSSR count). The number of hydrogen-bond donors (Lipinski definition) is 2. The zero-order valence-corrected chi connectivity index (χ0v) is 11.5. The quantitative estimate of drug-likeness (QED) is 0.520. The van der Waals surface area contributed by atoms with E-state index in [0.29, 0.717) is 26.4 Å². The van der Waals surface area contributed by atoms with E-state index in [2.05, 4.69) is 5.32 Å². The number of aliphatic hydroxyl groups is 1. The van der Waals surface area contributed by atoms with Crippen molar-refractivity contribution in [2.45, 2.75) is 32.0 Å². The highest BCUT2D eigenvalue weighted by Crippen LogP contribution is 2.12. The van der Waals surface area contributed by atoms with Crippen molar-refractivity contribution in [2.75, 3.05) is 47.1 Å². The molecule has 0 aromatic carbocycles. The summed E-state index contributed by atoms with van der Waals surface area (Å²) in [4.78, 5) is 0. The maximum Gasteiger partial charge on any atom is 0.0897 e. The summed E-state index contributed by atoms with van der Waals surface area (Å²) < 4.78 is 15.5. The van der Waals surface area contributed by atoms with Crippen LogP contribution in [0.2, 0.25) is 0 Å². The smallest absolute Gasteiger partial charge is 0.0897 e. The normalized spacial score (nSPS) is 13.9. The lowest BCUT2D eigenvalue weighted by Gasteiger charge is -2.22. The molecule has 0 amide bonds. The van der Waals surface area contributed by atoms with E-state index in [1.54, 1.807) is 14.2 Å². The van der Waals surface area contributed by atoms with E-state index in [1.807, 2.05) is 13.8 Å². The van der Waals surface area contributed by atoms with E-state index in [4.69, 9.17) is 14.2 Å². The van der Waals surface area contributed by atoms with E-state index in [0.717, 1.165) is 13.0 Å². The molecule has 104 valence electrons. The van der Waals surface area contributed by atoms with Crippen molar-refractivity contribution >= 4 is 0 Å². The van der Waals surface area contributed by atoms with Crippen LogP contribution < -0.4 is 5.32 Å². The summed E-state index contributed by atoms with van der Waals surface area (Å²) in [5, 5.41) is 12.7. The first-order chi connectivity index (χ1) is 8.02. The molecule has 0 aromatic heterocycles. The van der Waals surface area contributed by atoms with Crippen molar-refractivity contribution in [2.24, 2.45) is 0 Å². The zero-order chi connectivity index (χ0) is 13.1. The van der Waals surface area contributed by atoms with Gasteiger partial charge in [-0.3, -0.25) is 0 Å². The molecule has 0 heterocycles. The number of aliphatic hydroxyl groups excluding tert-OH is 1. The van der Waals surface area contributed by atoms with Crippen LogP contribution in [-0.2, 0) is 14.2 Å². The summed E-state index contributed by atoms with van der Waals surface area (Å²) in [6, 6.07) is 0. The third-order valence-electron chi connectivity index (χ3n) is 2.57. The third-order valence-corrected chi connectivity index (χ3v) is 2.57. The predicted octanol–water partition coefficient (Wildman–Crippen LogP) is 0.415. The molecule has 0 spiro atoms. The van der Waals surface area contributed by atoms with Gasteiger partial charge in [-0.1, -0.05) is 0 Å². The molecule has 0 radical (unpaired) electrons. The minimum absolute atomic E-state index is 0.165. The summed E-state index contributed by atoms with van der Waals surface area (Å²) in [6.45, 7) is 6.88. The Hall–Kier alpha value is -0.200. The van der Waals surface area contributed by atoms with Crippen LogP contribution in [0.1, 0.15) is 20.3 Å². The second-order valence-electron chi connectivity index (χ2n) is 4.64. The van der Waals surface area contributed by atoms with Crippen molar-refractivity contribution in [3.8, 4) is 0 Å². The van der Waals surface area contributed by atoms with E-state index >= 15 is 0 Å². The standard InChI is InChI=1S/C12H27NO4/c1-12(2,16-4)5-7-17-10-11(14)9-13-6-8-15-3/h11,13-14H,5-10H2,1-4H3. The Balaban J connectivity index is 3.36. The number of ether oxygens (including phenoxy) is 3. The molecule has 0 aliphatic carbocycles. The molecule has 1 atom stereocenters. The van der Waals surface area contributed by atoms with Crippen LogP contribution in [-0.4, -0.2) is 63.9 Å². The molecular formula is C12H27NO4. The highest BCUT2D eigenvalue weighted by atomic mass is 16.5. The van der Waals surface area contributed by atoms with E-state index < -0.39 is 6.10 Å². The fraction of sp³-hybridized carbons (Fsp3) is 1.00. The van der Waals surface area contributed by atoms with Gasteiger partial charge in [0.25, 0.3) is 0 Å². The van der Waals surface area contributed by atoms with Gasteiger partial charge in [-0.2, -0.15) is 0 Å². The Morgan fingerprint density at radius 2 is 1.94 bits per heavy atom. The minimum atomic E-state index is -0.475. The van der Waals surface area contributed by atoms with Gasteiger partial charge in [0, 0.05) is 33.9 Å². The maximum atomic E-state index is 9.58. The van der Waals surface area contributed by atoms with Crippen molar-refractivity contribution in [3.05, 3.63) is 0 Å². The molecule has 2 N–H and O–H groups in total. The Morgan fingerprint density at radius 3 is 2.53 bits per heavy atom. The molecule has 1 unspecified atom stereocenters. The zero-order valence-electron chi connectivity index (χ0n) is 11.5. The summed E-state index contributed by atoms with van der Waals surface area (Å²) in [7, 11) is 3.34. The molecular weight excluding hydrogens is 222 g/mol. The second kappa shape index (κ2) is 9.79. The molecule has 0 bridgehead atoms. The SMILES string of the molecule is COCCNCC(O)COCCC(C)(C)OC. The molecule has 0 fully saturated rings. The monoisotopic (exact) mass is 249 g/mol. The van der Waals surface area contributed by atoms with Crippen molar-refractivity contribution in [1.29, 1.82) is 0 Å². The number of nitrogens with one attached hydrogen (secondary N) is 1. The minimum Gasteiger partial charge on any atom is -0.389 e. The Morgan fingerprint density at radius 1 is 1.24 bits per heavy atom. The first-order valence-electron chi connectivity index (χ1n) is 6.02. The molecule has 0 saturated carbocycles. The highest BCUT2D eigenvalue weighted by molar-refractivity contribution is 4.67. The van der Waals surface area contributed by atoms with Crippen molar-refractivity contribution in [3.63, 3.8) is 0 Å². The molecule has 0 aliphatic rings. The fourth-order valence-corrected chi connectivity index (χ4v) is 1.14. The van der Waals surface area contributed by atoms with Crippen LogP contribution in [0.25, 0.3) is 0 Å². The molecule has 0 aliphatic heterocycles. The molecule has 5 nitrogen and oxygen atoms in total. The van der Waals surface area contributed by atoms with Crippen LogP contribution in [0.4, 0.5) is 0 Å². The average Bonchev–Trinajstić information content (AvgIpc) is 2.30. The maximum absolute atomic E-state index is 9.58. The third kappa shape index (κ3) is 10.7. The van der Waals surface area contributed by atoms with E-state index in [9.17, 15) is 5.11 Å². The van der Waals surface area contributed by atoms with Gasteiger partial charge in [0.15, 0.2) is 0 Å². The van der Waals surface area contributed by atoms with E-state index in [-0.39, 0.29) is 5.60 Å². The van der Waals surface area contributed by atoms with Crippen LogP contribution in [0.15, 0.2) is 0 Å². The number of rotatable bonds is 11. The summed E-state index contributed by atoms with van der Waals surface area (Å²) in [5.74, 6) is 0. The van der Waals surface area contributed by atoms with Gasteiger partial charge >= 0.3 is 0 Å². The highest BCUT2D eigenvalue weighted by Gasteiger charge is 2.15. The van der Waals surface area contributed by atoms with Crippen LogP contribution in [0.3, 0.4) is 0 Å². The Bertz CT molecular complexity index is 176. The van der Waals surface area contributed by atoms with E-state index in [1.165, 1.54) is 0 Å². The van der Waals surface area contributed by atoms with Gasteiger partial charge in [-0.05, 0) is 20.3 Å². The lowest BCUT2D eigenvalue weighted by atomic mass is 10.1. The Labute approximate surface area is 104 Å². The van der Waals surface area contributed by atoms with Gasteiger partial charge in [0.05, 0.1) is 24.9 Å². The van der Waals surface area contributed by atoms with Crippen LogP contribution in [0.5, 0.6) is 0 Å². The molecule has 0 aromatic rings. The lowest BCUT2D eigenvalue weighted by Crippen LogP contribution is -2.33. The lowest BCUT2D eigenvalue weighted by molar-refractivity contribution is -0.0243. The first-order valence-corrected chi connectivity index (χ1v) is 6.02. The van der Waals surface area contributed by atoms with Gasteiger partial charge in [0.2, 0.25) is 0 Å². The second-order valence-corrected chi connectivity index (χ2v) is 4.64. The summed E-state index contributed by atoms with van der Waals surface area (Å²) in [6.07, 6.45) is 0.338. The molecule has 5 heteroatoms. The number of methoxy groups -OCH3 is 2. The Kier molecular flexibility index (Phi) is 9.68. The van der Waals surface area contributed by atoms with Crippen LogP contribution >= 0.6 is 0 Å². The van der Waals surface area contributed by atoms with Gasteiger partial charge < -0.3 is 24.6 Å². The largest absolute Gasteiger partial charge is 0.389 e. The van der Waals surface area contributed by atoms with Gasteiger partial charge in [-0.25, -0.2) is 0 Å². The summed E-state index contributed by atoms with van der Waals surface area (Å²) >= 11 is 0. The topological polar surface area (TPSA) is 60.0 Å². The molecule has 0 saturated heterocycles. The predicted molar refractivity (Wildman–Crippen MR) is 67.3 cm³/mol.